The van der Waals surface area contributed by atoms with Crippen LogP contribution in [0.1, 0.15) is 23.7 Å². The zero-order valence-corrected chi connectivity index (χ0v) is 17.2. The summed E-state index contributed by atoms with van der Waals surface area (Å²) in [6.45, 7) is 1.05. The molecule has 0 fully saturated rings. The van der Waals surface area contributed by atoms with Gasteiger partial charge in [0.2, 0.25) is 0 Å². The van der Waals surface area contributed by atoms with E-state index >= 15 is 0 Å². The number of ether oxygens (including phenoxy) is 2. The van der Waals surface area contributed by atoms with Crippen LogP contribution in [-0.2, 0) is 14.3 Å². The number of carbonyl (C=O) groups excluding carboxylic acids is 3. The summed E-state index contributed by atoms with van der Waals surface area (Å²) in [6.07, 6.45) is 0.422. The van der Waals surface area contributed by atoms with E-state index < -0.39 is 18.5 Å². The minimum Gasteiger partial charge on any atom is -0.482 e. The van der Waals surface area contributed by atoms with Gasteiger partial charge in [-0.3, -0.25) is 9.59 Å². The molecule has 0 bridgehead atoms. The van der Waals surface area contributed by atoms with Crippen LogP contribution in [-0.4, -0.2) is 30.9 Å². The molecule has 0 aliphatic rings. The van der Waals surface area contributed by atoms with E-state index in [9.17, 15) is 14.4 Å². The molecule has 0 heterocycles. The number of ketones is 1. The largest absolute Gasteiger partial charge is 0.482 e. The van der Waals surface area contributed by atoms with E-state index in [-0.39, 0.29) is 12.4 Å². The van der Waals surface area contributed by atoms with E-state index in [1.54, 1.807) is 43.3 Å². The smallest absolute Gasteiger partial charge is 0.344 e. The van der Waals surface area contributed by atoms with Gasteiger partial charge in [0.25, 0.3) is 5.91 Å². The molecule has 3 rings (SSSR count). The van der Waals surface area contributed by atoms with Crippen molar-refractivity contribution in [3.8, 4) is 16.9 Å². The first-order valence-corrected chi connectivity index (χ1v) is 9.92. The normalized spacial score (nSPS) is 10.2. The first-order chi connectivity index (χ1) is 15.0. The average molecular weight is 417 g/mol. The Bertz CT molecular complexity index is 1030. The van der Waals surface area contributed by atoms with Gasteiger partial charge in [-0.05, 0) is 47.5 Å². The third-order valence-electron chi connectivity index (χ3n) is 4.49. The third kappa shape index (κ3) is 6.54. The van der Waals surface area contributed by atoms with Gasteiger partial charge in [0.15, 0.2) is 19.0 Å². The molecule has 6 nitrogen and oxygen atoms in total. The van der Waals surface area contributed by atoms with Gasteiger partial charge in [-0.25, -0.2) is 4.79 Å². The summed E-state index contributed by atoms with van der Waals surface area (Å²) < 4.78 is 10.3. The van der Waals surface area contributed by atoms with E-state index in [4.69, 9.17) is 9.47 Å². The van der Waals surface area contributed by atoms with Crippen LogP contribution in [0, 0.1) is 0 Å². The van der Waals surface area contributed by atoms with E-state index in [1.165, 1.54) is 0 Å². The van der Waals surface area contributed by atoms with Gasteiger partial charge in [0, 0.05) is 17.7 Å². The van der Waals surface area contributed by atoms with Crippen LogP contribution in [0.2, 0.25) is 0 Å². The Morgan fingerprint density at radius 2 is 1.42 bits per heavy atom. The first kappa shape index (κ1) is 21.8. The fraction of sp³-hybridized carbons (Fsp3) is 0.160. The van der Waals surface area contributed by atoms with Crippen molar-refractivity contribution in [1.29, 1.82) is 0 Å². The number of benzene rings is 3. The molecule has 0 spiro atoms. The minimum atomic E-state index is -0.664. The number of hydrogen-bond donors (Lipinski definition) is 1. The molecule has 0 radical (unpaired) electrons. The maximum Gasteiger partial charge on any atom is 0.344 e. The second kappa shape index (κ2) is 10.7. The van der Waals surface area contributed by atoms with Gasteiger partial charge >= 0.3 is 5.97 Å². The molecule has 0 aliphatic heterocycles. The first-order valence-electron chi connectivity index (χ1n) is 9.92. The summed E-state index contributed by atoms with van der Waals surface area (Å²) in [5, 5.41) is 2.68. The maximum absolute atomic E-state index is 12.0. The minimum absolute atomic E-state index is 0.0340. The molecule has 0 saturated carbocycles. The molecule has 3 aromatic rings. The molecular weight excluding hydrogens is 394 g/mol. The summed E-state index contributed by atoms with van der Waals surface area (Å²) in [5.74, 6) is -0.634. The topological polar surface area (TPSA) is 81.7 Å². The highest BCUT2D eigenvalue weighted by molar-refractivity contribution is 5.96. The van der Waals surface area contributed by atoms with Crippen LogP contribution in [0.5, 0.6) is 5.75 Å². The SMILES string of the molecule is CCC(=O)c1ccc(OCC(=O)OCC(=O)Nc2ccc(-c3ccccc3)cc2)cc1. The average Bonchev–Trinajstić information content (AvgIpc) is 2.82. The van der Waals surface area contributed by atoms with E-state index in [0.29, 0.717) is 23.4 Å². The fourth-order valence-corrected chi connectivity index (χ4v) is 2.84. The zero-order valence-electron chi connectivity index (χ0n) is 17.2. The molecule has 6 heteroatoms. The Morgan fingerprint density at radius 3 is 2.06 bits per heavy atom. The second-order valence-corrected chi connectivity index (χ2v) is 6.74. The summed E-state index contributed by atoms with van der Waals surface area (Å²) in [5.41, 5.74) is 3.32. The van der Waals surface area contributed by atoms with Crippen molar-refractivity contribution in [1.82, 2.24) is 0 Å². The predicted molar refractivity (Wildman–Crippen MR) is 118 cm³/mol. The van der Waals surface area contributed by atoms with Gasteiger partial charge in [0.1, 0.15) is 5.75 Å². The quantitative estimate of drug-likeness (QED) is 0.409. The molecule has 31 heavy (non-hydrogen) atoms. The summed E-state index contributed by atoms with van der Waals surface area (Å²) in [6, 6.07) is 23.8. The number of hydrogen-bond acceptors (Lipinski definition) is 5. The Kier molecular flexibility index (Phi) is 7.54. The Balaban J connectivity index is 1.41. The number of nitrogens with one attached hydrogen (secondary N) is 1. The summed E-state index contributed by atoms with van der Waals surface area (Å²) in [7, 11) is 0. The van der Waals surface area contributed by atoms with Crippen molar-refractivity contribution in [3.63, 3.8) is 0 Å². The summed E-state index contributed by atoms with van der Waals surface area (Å²) in [4.78, 5) is 35.4. The van der Waals surface area contributed by atoms with Crippen molar-refractivity contribution >= 4 is 23.3 Å². The Labute approximate surface area is 180 Å². The van der Waals surface area contributed by atoms with Crippen LogP contribution in [0.4, 0.5) is 5.69 Å². The third-order valence-corrected chi connectivity index (χ3v) is 4.49. The second-order valence-electron chi connectivity index (χ2n) is 6.74. The van der Waals surface area contributed by atoms with E-state index in [1.807, 2.05) is 42.5 Å². The lowest BCUT2D eigenvalue weighted by atomic mass is 10.1. The van der Waals surface area contributed by atoms with E-state index in [2.05, 4.69) is 5.32 Å². The van der Waals surface area contributed by atoms with Gasteiger partial charge < -0.3 is 14.8 Å². The molecule has 0 atom stereocenters. The Hall–Kier alpha value is -3.93. The van der Waals surface area contributed by atoms with E-state index in [0.717, 1.165) is 11.1 Å². The number of rotatable bonds is 9. The van der Waals surface area contributed by atoms with Crippen LogP contribution >= 0.6 is 0 Å². The van der Waals surface area contributed by atoms with Crippen LogP contribution in [0.3, 0.4) is 0 Å². The van der Waals surface area contributed by atoms with Crippen molar-refractivity contribution in [3.05, 3.63) is 84.4 Å². The predicted octanol–water partition coefficient (Wildman–Crippen LogP) is 4.51. The van der Waals surface area contributed by atoms with Crippen molar-refractivity contribution in [2.75, 3.05) is 18.5 Å². The zero-order chi connectivity index (χ0) is 22.1. The van der Waals surface area contributed by atoms with Gasteiger partial charge in [-0.1, -0.05) is 49.4 Å². The van der Waals surface area contributed by atoms with Crippen LogP contribution < -0.4 is 10.1 Å². The Morgan fingerprint density at radius 1 is 0.774 bits per heavy atom. The highest BCUT2D eigenvalue weighted by Gasteiger charge is 2.10. The number of carbonyl (C=O) groups is 3. The highest BCUT2D eigenvalue weighted by Crippen LogP contribution is 2.21. The number of Topliss-reactive ketones (excluding diaryl/α,β-unsaturated/α-hetero) is 1. The summed E-state index contributed by atoms with van der Waals surface area (Å²) >= 11 is 0. The molecule has 0 unspecified atom stereocenters. The van der Waals surface area contributed by atoms with Gasteiger partial charge in [-0.15, -0.1) is 0 Å². The number of anilines is 1. The van der Waals surface area contributed by atoms with Crippen LogP contribution in [0.15, 0.2) is 78.9 Å². The lowest BCUT2D eigenvalue weighted by Crippen LogP contribution is -2.23. The van der Waals surface area contributed by atoms with Crippen LogP contribution in [0.25, 0.3) is 11.1 Å². The van der Waals surface area contributed by atoms with Gasteiger partial charge in [-0.2, -0.15) is 0 Å². The molecule has 158 valence electrons. The number of esters is 1. The molecule has 1 N–H and O–H groups in total. The standard InChI is InChI=1S/C25H23NO5/c1-2-23(27)20-10-14-22(15-11-20)30-17-25(29)31-16-24(28)26-21-12-8-19(9-13-21)18-6-4-3-5-7-18/h3-15H,2,16-17H2,1H3,(H,26,28). The molecule has 3 aromatic carbocycles. The fourth-order valence-electron chi connectivity index (χ4n) is 2.84. The van der Waals surface area contributed by atoms with Crippen molar-refractivity contribution < 1.29 is 23.9 Å². The molecule has 0 aromatic heterocycles. The number of amides is 1. The molecular formula is C25H23NO5. The monoisotopic (exact) mass is 417 g/mol. The molecule has 0 aliphatic carbocycles. The molecule has 0 saturated heterocycles. The lowest BCUT2D eigenvalue weighted by molar-refractivity contribution is -0.149. The van der Waals surface area contributed by atoms with Gasteiger partial charge in [0.05, 0.1) is 0 Å². The maximum atomic E-state index is 12.0. The molecule has 1 amide bonds. The van der Waals surface area contributed by atoms with Crippen molar-refractivity contribution in [2.45, 2.75) is 13.3 Å². The lowest BCUT2D eigenvalue weighted by Gasteiger charge is -2.09. The van der Waals surface area contributed by atoms with Crippen molar-refractivity contribution in [2.24, 2.45) is 0 Å². The highest BCUT2D eigenvalue weighted by atomic mass is 16.6.